The number of fused-ring (bicyclic) bond motifs is 1. The second-order valence-corrected chi connectivity index (χ2v) is 5.14. The van der Waals surface area contributed by atoms with E-state index in [0.717, 1.165) is 28.2 Å². The van der Waals surface area contributed by atoms with Gasteiger partial charge in [-0.2, -0.15) is 10.1 Å². The standard InChI is InChI=1S/C15H17N7O.2ClH/c1-3-13-10(14(23)21-15(16)17)7-18-22(13)9-4-5-11-12(6-9)20-8(2)19-11;;/h4-7H,3H2,1-2H3,(H,19,20)(H4,16,17,21,23);2*1H. The minimum Gasteiger partial charge on any atom is -0.370 e. The van der Waals surface area contributed by atoms with Gasteiger partial charge < -0.3 is 16.5 Å². The number of aliphatic imine (C=N–C) groups is 1. The van der Waals surface area contributed by atoms with Crippen LogP contribution < -0.4 is 11.5 Å². The molecule has 2 heterocycles. The number of carbonyl (C=O) groups is 1. The number of halogens is 2. The van der Waals surface area contributed by atoms with Crippen LogP contribution in [-0.2, 0) is 6.42 Å². The number of aryl methyl sites for hydroxylation is 1. The van der Waals surface area contributed by atoms with Crippen molar-refractivity contribution >= 4 is 47.7 Å². The summed E-state index contributed by atoms with van der Waals surface area (Å²) in [6.07, 6.45) is 2.09. The third kappa shape index (κ3) is 3.92. The van der Waals surface area contributed by atoms with Crippen LogP contribution in [0.1, 0.15) is 28.8 Å². The van der Waals surface area contributed by atoms with Gasteiger partial charge in [0.25, 0.3) is 5.91 Å². The van der Waals surface area contributed by atoms with Gasteiger partial charge in [0.1, 0.15) is 5.82 Å². The molecule has 8 nitrogen and oxygen atoms in total. The molecule has 0 spiro atoms. The number of guanidine groups is 1. The molecule has 25 heavy (non-hydrogen) atoms. The van der Waals surface area contributed by atoms with E-state index in [1.165, 1.54) is 6.20 Å². The Balaban J connectivity index is 0.00000156. The summed E-state index contributed by atoms with van der Waals surface area (Å²) in [7, 11) is 0. The SMILES string of the molecule is CCc1c(C(=O)N=C(N)N)cnn1-c1ccc2nc(C)[nH]c2c1.Cl.Cl. The molecule has 0 unspecified atom stereocenters. The van der Waals surface area contributed by atoms with Crippen molar-refractivity contribution in [3.05, 3.63) is 41.5 Å². The average Bonchev–Trinajstić information content (AvgIpc) is 3.07. The van der Waals surface area contributed by atoms with Crippen LogP contribution >= 0.6 is 24.8 Å². The quantitative estimate of drug-likeness (QED) is 0.469. The van der Waals surface area contributed by atoms with Gasteiger partial charge in [0.15, 0.2) is 5.96 Å². The number of nitrogens with one attached hydrogen (secondary N) is 1. The van der Waals surface area contributed by atoms with Crippen molar-refractivity contribution in [3.8, 4) is 5.69 Å². The number of amides is 1. The van der Waals surface area contributed by atoms with Crippen LogP contribution in [0.3, 0.4) is 0 Å². The highest BCUT2D eigenvalue weighted by molar-refractivity contribution is 6.02. The highest BCUT2D eigenvalue weighted by Crippen LogP contribution is 2.20. The minimum absolute atomic E-state index is 0. The fraction of sp³-hybridized carbons (Fsp3) is 0.200. The first-order valence-corrected chi connectivity index (χ1v) is 7.17. The van der Waals surface area contributed by atoms with Crippen LogP contribution in [0.2, 0.25) is 0 Å². The van der Waals surface area contributed by atoms with Crippen LogP contribution in [0.4, 0.5) is 0 Å². The normalized spacial score (nSPS) is 10.0. The van der Waals surface area contributed by atoms with E-state index in [1.54, 1.807) is 4.68 Å². The monoisotopic (exact) mass is 383 g/mol. The second-order valence-electron chi connectivity index (χ2n) is 5.14. The van der Waals surface area contributed by atoms with E-state index < -0.39 is 5.91 Å². The molecule has 10 heteroatoms. The Morgan fingerprint density at radius 2 is 2.04 bits per heavy atom. The number of hydrogen-bond acceptors (Lipinski definition) is 3. The number of benzene rings is 1. The first-order chi connectivity index (χ1) is 11.0. The predicted molar refractivity (Wildman–Crippen MR) is 102 cm³/mol. The van der Waals surface area contributed by atoms with Crippen LogP contribution in [0.15, 0.2) is 29.4 Å². The summed E-state index contributed by atoms with van der Waals surface area (Å²) in [6, 6.07) is 5.76. The third-order valence-corrected chi connectivity index (χ3v) is 3.49. The summed E-state index contributed by atoms with van der Waals surface area (Å²) >= 11 is 0. The highest BCUT2D eigenvalue weighted by atomic mass is 35.5. The summed E-state index contributed by atoms with van der Waals surface area (Å²) < 4.78 is 1.71. The molecule has 1 aromatic carbocycles. The Morgan fingerprint density at radius 3 is 2.68 bits per heavy atom. The molecule has 0 aliphatic rings. The molecule has 5 N–H and O–H groups in total. The Bertz CT molecular complexity index is 925. The zero-order valence-electron chi connectivity index (χ0n) is 13.7. The lowest BCUT2D eigenvalue weighted by atomic mass is 10.2. The molecular weight excluding hydrogens is 365 g/mol. The number of aromatic nitrogens is 4. The van der Waals surface area contributed by atoms with E-state index in [-0.39, 0.29) is 30.8 Å². The number of carbonyl (C=O) groups excluding carboxylic acids is 1. The Morgan fingerprint density at radius 1 is 1.32 bits per heavy atom. The van der Waals surface area contributed by atoms with Crippen molar-refractivity contribution in [3.63, 3.8) is 0 Å². The maximum absolute atomic E-state index is 12.1. The first kappa shape index (κ1) is 20.5. The first-order valence-electron chi connectivity index (χ1n) is 7.17. The maximum Gasteiger partial charge on any atom is 0.283 e. The number of imidazole rings is 1. The van der Waals surface area contributed by atoms with Gasteiger partial charge in [-0.1, -0.05) is 6.92 Å². The van der Waals surface area contributed by atoms with Gasteiger partial charge in [-0.05, 0) is 31.5 Å². The molecule has 1 amide bonds. The number of nitrogens with two attached hydrogens (primary N) is 2. The molecule has 0 aliphatic heterocycles. The molecule has 2 aromatic heterocycles. The van der Waals surface area contributed by atoms with E-state index in [9.17, 15) is 4.79 Å². The van der Waals surface area contributed by atoms with Gasteiger partial charge in [0.05, 0.1) is 34.2 Å². The fourth-order valence-corrected chi connectivity index (χ4v) is 2.55. The molecule has 3 rings (SSSR count). The zero-order chi connectivity index (χ0) is 16.6. The Hall–Kier alpha value is -2.58. The van der Waals surface area contributed by atoms with Gasteiger partial charge in [-0.15, -0.1) is 24.8 Å². The van der Waals surface area contributed by atoms with Crippen molar-refractivity contribution in [2.45, 2.75) is 20.3 Å². The fourth-order valence-electron chi connectivity index (χ4n) is 2.55. The number of aromatic amines is 1. The lowest BCUT2D eigenvalue weighted by Crippen LogP contribution is -2.24. The van der Waals surface area contributed by atoms with Gasteiger partial charge >= 0.3 is 0 Å². The summed E-state index contributed by atoms with van der Waals surface area (Å²) in [6.45, 7) is 3.84. The molecule has 0 fully saturated rings. The van der Waals surface area contributed by atoms with Gasteiger partial charge in [0.2, 0.25) is 0 Å². The minimum atomic E-state index is -0.494. The molecule has 0 bridgehead atoms. The van der Waals surface area contributed by atoms with E-state index in [4.69, 9.17) is 11.5 Å². The number of H-pyrrole nitrogens is 1. The molecule has 134 valence electrons. The number of nitrogens with zero attached hydrogens (tertiary/aromatic N) is 4. The summed E-state index contributed by atoms with van der Waals surface area (Å²) in [4.78, 5) is 23.2. The topological polar surface area (TPSA) is 128 Å². The largest absolute Gasteiger partial charge is 0.370 e. The number of hydrogen-bond donors (Lipinski definition) is 3. The molecule has 3 aromatic rings. The van der Waals surface area contributed by atoms with Gasteiger partial charge in [-0.3, -0.25) is 4.79 Å². The van der Waals surface area contributed by atoms with Crippen molar-refractivity contribution in [2.75, 3.05) is 0 Å². The molecule has 0 saturated heterocycles. The van der Waals surface area contributed by atoms with E-state index in [0.29, 0.717) is 12.0 Å². The Labute approximate surface area is 156 Å². The van der Waals surface area contributed by atoms with Crippen LogP contribution in [0, 0.1) is 6.92 Å². The highest BCUT2D eigenvalue weighted by Gasteiger charge is 2.17. The van der Waals surface area contributed by atoms with Crippen molar-refractivity contribution < 1.29 is 4.79 Å². The molecule has 0 saturated carbocycles. The lowest BCUT2D eigenvalue weighted by molar-refractivity contribution is 0.100. The summed E-state index contributed by atoms with van der Waals surface area (Å²) in [5, 5.41) is 4.31. The van der Waals surface area contributed by atoms with Gasteiger partial charge in [-0.25, -0.2) is 9.67 Å². The van der Waals surface area contributed by atoms with E-state index in [2.05, 4.69) is 20.1 Å². The zero-order valence-corrected chi connectivity index (χ0v) is 15.3. The average molecular weight is 384 g/mol. The van der Waals surface area contributed by atoms with Crippen molar-refractivity contribution in [1.82, 2.24) is 19.7 Å². The molecule has 0 radical (unpaired) electrons. The summed E-state index contributed by atoms with van der Waals surface area (Å²) in [5.74, 6) is 0.0858. The Kier molecular flexibility index (Phi) is 6.55. The van der Waals surface area contributed by atoms with Crippen molar-refractivity contribution in [1.29, 1.82) is 0 Å². The second kappa shape index (κ2) is 8.00. The van der Waals surface area contributed by atoms with E-state index >= 15 is 0 Å². The molecule has 0 atom stereocenters. The lowest BCUT2D eigenvalue weighted by Gasteiger charge is -2.07. The van der Waals surface area contributed by atoms with Crippen LogP contribution in [0.25, 0.3) is 16.7 Å². The van der Waals surface area contributed by atoms with E-state index in [1.807, 2.05) is 32.0 Å². The van der Waals surface area contributed by atoms with Crippen molar-refractivity contribution in [2.24, 2.45) is 16.5 Å². The maximum atomic E-state index is 12.1. The number of rotatable bonds is 3. The summed E-state index contributed by atoms with van der Waals surface area (Å²) in [5.41, 5.74) is 14.3. The van der Waals surface area contributed by atoms with Gasteiger partial charge in [0, 0.05) is 0 Å². The third-order valence-electron chi connectivity index (χ3n) is 3.49. The smallest absolute Gasteiger partial charge is 0.283 e. The molecular formula is C15H19Cl2N7O. The van der Waals surface area contributed by atoms with Crippen LogP contribution in [0.5, 0.6) is 0 Å². The van der Waals surface area contributed by atoms with Crippen LogP contribution in [-0.4, -0.2) is 31.6 Å². The predicted octanol–water partition coefficient (Wildman–Crippen LogP) is 1.88. The molecule has 0 aliphatic carbocycles.